The standard InChI is InChI=1S/C27H25ClN2O4/c1-16(2)24(27(33)34-3)30-15-20-14-19(8-13-23(20)26(30)32)17-6-11-22(12-7-17)29-25(31)18-4-9-21(28)10-5-18/h4-14,16,24H,15H2,1-3H3,(H,29,31)/t24-/m0/s1. The first kappa shape index (κ1) is 23.5. The monoisotopic (exact) mass is 476 g/mol. The summed E-state index contributed by atoms with van der Waals surface area (Å²) in [5, 5.41) is 3.45. The number of halogens is 1. The summed E-state index contributed by atoms with van der Waals surface area (Å²) < 4.78 is 4.93. The second-order valence-electron chi connectivity index (χ2n) is 8.56. The van der Waals surface area contributed by atoms with Crippen LogP contribution < -0.4 is 5.32 Å². The summed E-state index contributed by atoms with van der Waals surface area (Å²) >= 11 is 5.88. The predicted molar refractivity (Wildman–Crippen MR) is 132 cm³/mol. The van der Waals surface area contributed by atoms with Crippen molar-refractivity contribution in [3.8, 4) is 11.1 Å². The Balaban J connectivity index is 1.51. The first-order valence-electron chi connectivity index (χ1n) is 11.0. The SMILES string of the molecule is COC(=O)[C@H](C(C)C)N1Cc2cc(-c3ccc(NC(=O)c4ccc(Cl)cc4)cc3)ccc2C1=O. The van der Waals surface area contributed by atoms with Crippen molar-refractivity contribution in [2.45, 2.75) is 26.4 Å². The molecule has 7 heteroatoms. The van der Waals surface area contributed by atoms with Crippen molar-refractivity contribution in [2.24, 2.45) is 5.92 Å². The molecule has 3 aromatic carbocycles. The highest BCUT2D eigenvalue weighted by Gasteiger charge is 2.38. The number of carbonyl (C=O) groups excluding carboxylic acids is 3. The Bertz CT molecular complexity index is 1240. The van der Waals surface area contributed by atoms with Crippen LogP contribution in [-0.2, 0) is 16.1 Å². The lowest BCUT2D eigenvalue weighted by Crippen LogP contribution is -2.45. The van der Waals surface area contributed by atoms with Gasteiger partial charge in [0, 0.05) is 28.4 Å². The summed E-state index contributed by atoms with van der Waals surface area (Å²) in [4.78, 5) is 39.3. The number of anilines is 1. The van der Waals surface area contributed by atoms with Crippen LogP contribution in [0.15, 0.2) is 66.7 Å². The van der Waals surface area contributed by atoms with Gasteiger partial charge in [-0.3, -0.25) is 9.59 Å². The number of hydrogen-bond donors (Lipinski definition) is 1. The third kappa shape index (κ3) is 4.68. The van der Waals surface area contributed by atoms with Crippen molar-refractivity contribution in [1.82, 2.24) is 4.90 Å². The van der Waals surface area contributed by atoms with E-state index >= 15 is 0 Å². The second-order valence-corrected chi connectivity index (χ2v) is 8.99. The number of benzene rings is 3. The molecule has 0 saturated carbocycles. The fraction of sp³-hybridized carbons (Fsp3) is 0.222. The maximum atomic E-state index is 13.0. The van der Waals surface area contributed by atoms with Gasteiger partial charge in [-0.05, 0) is 71.1 Å². The summed E-state index contributed by atoms with van der Waals surface area (Å²) in [7, 11) is 1.34. The van der Waals surface area contributed by atoms with Gasteiger partial charge in [-0.2, -0.15) is 0 Å². The van der Waals surface area contributed by atoms with Crippen LogP contribution in [0.2, 0.25) is 5.02 Å². The molecule has 0 saturated heterocycles. The van der Waals surface area contributed by atoms with Crippen molar-refractivity contribution in [3.63, 3.8) is 0 Å². The van der Waals surface area contributed by atoms with E-state index in [0.717, 1.165) is 16.7 Å². The molecule has 1 heterocycles. The number of methoxy groups -OCH3 is 1. The van der Waals surface area contributed by atoms with E-state index in [1.807, 2.05) is 50.2 Å². The number of carbonyl (C=O) groups is 3. The third-order valence-electron chi connectivity index (χ3n) is 5.93. The maximum Gasteiger partial charge on any atom is 0.328 e. The second kappa shape index (κ2) is 9.69. The first-order valence-corrected chi connectivity index (χ1v) is 11.4. The van der Waals surface area contributed by atoms with Crippen molar-refractivity contribution in [3.05, 3.63) is 88.4 Å². The molecule has 3 aromatic rings. The molecule has 0 fully saturated rings. The number of ether oxygens (including phenoxy) is 1. The van der Waals surface area contributed by atoms with E-state index in [2.05, 4.69) is 5.32 Å². The lowest BCUT2D eigenvalue weighted by Gasteiger charge is -2.28. The normalized spacial score (nSPS) is 13.6. The van der Waals surface area contributed by atoms with Crippen LogP contribution in [0.1, 0.15) is 40.1 Å². The number of nitrogens with one attached hydrogen (secondary N) is 1. The van der Waals surface area contributed by atoms with Crippen LogP contribution in [0, 0.1) is 5.92 Å². The van der Waals surface area contributed by atoms with Crippen LogP contribution in [0.25, 0.3) is 11.1 Å². The molecule has 4 rings (SSSR count). The van der Waals surface area contributed by atoms with E-state index in [1.54, 1.807) is 35.2 Å². The molecule has 0 spiro atoms. The molecule has 174 valence electrons. The highest BCUT2D eigenvalue weighted by Crippen LogP contribution is 2.32. The summed E-state index contributed by atoms with van der Waals surface area (Å²) in [6.45, 7) is 4.16. The Morgan fingerprint density at radius 3 is 2.24 bits per heavy atom. The summed E-state index contributed by atoms with van der Waals surface area (Å²) in [5.41, 5.74) is 4.56. The zero-order valence-electron chi connectivity index (χ0n) is 19.2. The average Bonchev–Trinajstić information content (AvgIpc) is 3.15. The van der Waals surface area contributed by atoms with Crippen LogP contribution >= 0.6 is 11.6 Å². The van der Waals surface area contributed by atoms with Crippen molar-refractivity contribution in [2.75, 3.05) is 12.4 Å². The van der Waals surface area contributed by atoms with Gasteiger partial charge in [0.25, 0.3) is 11.8 Å². The van der Waals surface area contributed by atoms with E-state index in [0.29, 0.717) is 28.4 Å². The third-order valence-corrected chi connectivity index (χ3v) is 6.18. The van der Waals surface area contributed by atoms with Crippen LogP contribution in [0.5, 0.6) is 0 Å². The van der Waals surface area contributed by atoms with Crippen LogP contribution in [0.4, 0.5) is 5.69 Å². The van der Waals surface area contributed by atoms with E-state index in [9.17, 15) is 14.4 Å². The molecule has 1 aliphatic rings. The summed E-state index contributed by atoms with van der Waals surface area (Å²) in [6.07, 6.45) is 0. The molecule has 1 atom stereocenters. The van der Waals surface area contributed by atoms with Gasteiger partial charge in [-0.1, -0.05) is 43.6 Å². The zero-order valence-corrected chi connectivity index (χ0v) is 19.9. The van der Waals surface area contributed by atoms with Crippen LogP contribution in [-0.4, -0.2) is 35.8 Å². The molecule has 1 aliphatic heterocycles. The molecule has 2 amide bonds. The molecule has 34 heavy (non-hydrogen) atoms. The fourth-order valence-corrected chi connectivity index (χ4v) is 4.30. The minimum absolute atomic E-state index is 0.0687. The minimum Gasteiger partial charge on any atom is -0.467 e. The molecule has 0 aromatic heterocycles. The van der Waals surface area contributed by atoms with Crippen LogP contribution in [0.3, 0.4) is 0 Å². The number of fused-ring (bicyclic) bond motifs is 1. The quantitative estimate of drug-likeness (QED) is 0.482. The lowest BCUT2D eigenvalue weighted by atomic mass is 10.0. The number of esters is 1. The maximum absolute atomic E-state index is 13.0. The smallest absolute Gasteiger partial charge is 0.328 e. The summed E-state index contributed by atoms with van der Waals surface area (Å²) in [6, 6.07) is 19.2. The average molecular weight is 477 g/mol. The number of amides is 2. The molecule has 0 radical (unpaired) electrons. The highest BCUT2D eigenvalue weighted by molar-refractivity contribution is 6.30. The van der Waals surface area contributed by atoms with Crippen molar-refractivity contribution >= 4 is 35.1 Å². The van der Waals surface area contributed by atoms with E-state index in [1.165, 1.54) is 7.11 Å². The van der Waals surface area contributed by atoms with Gasteiger partial charge in [-0.25, -0.2) is 4.79 Å². The Morgan fingerprint density at radius 2 is 1.62 bits per heavy atom. The highest BCUT2D eigenvalue weighted by atomic mass is 35.5. The number of nitrogens with zero attached hydrogens (tertiary/aromatic N) is 1. The Kier molecular flexibility index (Phi) is 6.70. The lowest BCUT2D eigenvalue weighted by molar-refractivity contribution is -0.147. The zero-order chi connectivity index (χ0) is 24.4. The van der Waals surface area contributed by atoms with Gasteiger partial charge in [0.1, 0.15) is 6.04 Å². The van der Waals surface area contributed by atoms with E-state index in [4.69, 9.17) is 16.3 Å². The molecule has 0 aliphatic carbocycles. The Hall–Kier alpha value is -3.64. The predicted octanol–water partition coefficient (Wildman–Crippen LogP) is 5.41. The first-order chi connectivity index (χ1) is 16.3. The van der Waals surface area contributed by atoms with Gasteiger partial charge in [0.15, 0.2) is 0 Å². The van der Waals surface area contributed by atoms with Gasteiger partial charge < -0.3 is 15.0 Å². The molecule has 1 N–H and O–H groups in total. The molecule has 0 unspecified atom stereocenters. The fourth-order valence-electron chi connectivity index (χ4n) is 4.18. The van der Waals surface area contributed by atoms with E-state index < -0.39 is 12.0 Å². The van der Waals surface area contributed by atoms with Gasteiger partial charge in [-0.15, -0.1) is 0 Å². The Morgan fingerprint density at radius 1 is 0.971 bits per heavy atom. The van der Waals surface area contributed by atoms with Crippen molar-refractivity contribution in [1.29, 1.82) is 0 Å². The Labute approximate surface area is 203 Å². The van der Waals surface area contributed by atoms with Crippen molar-refractivity contribution < 1.29 is 19.1 Å². The van der Waals surface area contributed by atoms with Gasteiger partial charge in [0.2, 0.25) is 0 Å². The topological polar surface area (TPSA) is 75.7 Å². The molecule has 6 nitrogen and oxygen atoms in total. The van der Waals surface area contributed by atoms with E-state index in [-0.39, 0.29) is 17.7 Å². The summed E-state index contributed by atoms with van der Waals surface area (Å²) in [5.74, 6) is -0.856. The molecular formula is C27H25ClN2O4. The number of hydrogen-bond acceptors (Lipinski definition) is 4. The number of rotatable bonds is 6. The minimum atomic E-state index is -0.628. The largest absolute Gasteiger partial charge is 0.467 e. The molecule has 0 bridgehead atoms. The van der Waals surface area contributed by atoms with Gasteiger partial charge >= 0.3 is 5.97 Å². The van der Waals surface area contributed by atoms with Gasteiger partial charge in [0.05, 0.1) is 7.11 Å². The molecular weight excluding hydrogens is 452 g/mol.